The molecule has 2 aliphatic heterocycles. The van der Waals surface area contributed by atoms with E-state index in [1.54, 1.807) is 0 Å². The van der Waals surface area contributed by atoms with Gasteiger partial charge in [0, 0.05) is 26.2 Å². The van der Waals surface area contributed by atoms with Gasteiger partial charge in [-0.15, -0.1) is 0 Å². The first-order chi connectivity index (χ1) is 15.7. The van der Waals surface area contributed by atoms with Crippen LogP contribution in [0.3, 0.4) is 0 Å². The van der Waals surface area contributed by atoms with E-state index in [2.05, 4.69) is 29.2 Å². The summed E-state index contributed by atoms with van der Waals surface area (Å²) >= 11 is 0. The van der Waals surface area contributed by atoms with E-state index in [1.807, 2.05) is 23.1 Å². The van der Waals surface area contributed by atoms with E-state index in [9.17, 15) is 9.90 Å². The number of nitrogens with zero attached hydrogens (tertiary/aromatic N) is 2. The number of carbonyl (C=O) groups excluding carboxylic acids is 1. The van der Waals surface area contributed by atoms with Gasteiger partial charge in [0.1, 0.15) is 12.4 Å². The van der Waals surface area contributed by atoms with Crippen LogP contribution in [0.1, 0.15) is 65.3 Å². The van der Waals surface area contributed by atoms with Gasteiger partial charge in [-0.2, -0.15) is 0 Å². The Labute approximate surface area is 191 Å². The zero-order valence-electron chi connectivity index (χ0n) is 18.8. The maximum absolute atomic E-state index is 13.2. The SMILES string of the molecule is O=C1c2ccc(C(O)C3CCCC3)cc2OCCN1CCCN1CCc2ccccc2C1. The number of ether oxygens (including phenoxy) is 1. The van der Waals surface area contributed by atoms with Crippen LogP contribution < -0.4 is 4.74 Å². The molecule has 32 heavy (non-hydrogen) atoms. The lowest BCUT2D eigenvalue weighted by Crippen LogP contribution is -2.36. The topological polar surface area (TPSA) is 53.0 Å². The number of hydrogen-bond donors (Lipinski definition) is 1. The van der Waals surface area contributed by atoms with Gasteiger partial charge >= 0.3 is 0 Å². The van der Waals surface area contributed by atoms with E-state index in [-0.39, 0.29) is 5.91 Å². The van der Waals surface area contributed by atoms with Crippen LogP contribution in [0.25, 0.3) is 0 Å². The van der Waals surface area contributed by atoms with Crippen molar-refractivity contribution in [3.05, 3.63) is 64.7 Å². The van der Waals surface area contributed by atoms with Crippen LogP contribution in [-0.4, -0.2) is 53.6 Å². The predicted molar refractivity (Wildman–Crippen MR) is 125 cm³/mol. The quantitative estimate of drug-likeness (QED) is 0.741. The average Bonchev–Trinajstić information content (AvgIpc) is 3.32. The van der Waals surface area contributed by atoms with Crippen LogP contribution in [0.2, 0.25) is 0 Å². The molecular weight excluding hydrogens is 400 g/mol. The first-order valence-corrected chi connectivity index (χ1v) is 12.2. The maximum Gasteiger partial charge on any atom is 0.257 e. The monoisotopic (exact) mass is 434 g/mol. The minimum absolute atomic E-state index is 0.0448. The summed E-state index contributed by atoms with van der Waals surface area (Å²) in [6.07, 6.45) is 6.15. The fourth-order valence-corrected chi connectivity index (χ4v) is 5.55. The molecule has 0 bridgehead atoms. The van der Waals surface area contributed by atoms with Crippen LogP contribution >= 0.6 is 0 Å². The normalized spacial score (nSPS) is 20.4. The Hall–Kier alpha value is -2.37. The van der Waals surface area contributed by atoms with Gasteiger partial charge in [0.2, 0.25) is 0 Å². The molecular formula is C27H34N2O3. The number of carbonyl (C=O) groups is 1. The number of aliphatic hydroxyl groups excluding tert-OH is 1. The standard InChI is InChI=1S/C27H34N2O3/c30-26(21-7-2-3-8-21)22-10-11-24-25(18-22)32-17-16-29(27(24)31)14-5-13-28-15-12-20-6-1-4-9-23(20)19-28/h1,4,6,9-11,18,21,26,30H,2-3,5,7-8,12-17,19H2. The van der Waals surface area contributed by atoms with E-state index in [4.69, 9.17) is 4.74 Å². The van der Waals surface area contributed by atoms with Crippen LogP contribution in [0.4, 0.5) is 0 Å². The second-order valence-electron chi connectivity index (χ2n) is 9.53. The maximum atomic E-state index is 13.2. The Morgan fingerprint density at radius 3 is 2.69 bits per heavy atom. The predicted octanol–water partition coefficient (Wildman–Crippen LogP) is 4.19. The highest BCUT2D eigenvalue weighted by Crippen LogP contribution is 2.37. The molecule has 1 fully saturated rings. The highest BCUT2D eigenvalue weighted by molar-refractivity contribution is 5.97. The smallest absolute Gasteiger partial charge is 0.257 e. The van der Waals surface area contributed by atoms with Gasteiger partial charge in [-0.3, -0.25) is 9.69 Å². The van der Waals surface area contributed by atoms with Gasteiger partial charge in [-0.1, -0.05) is 43.2 Å². The number of rotatable bonds is 6. The summed E-state index contributed by atoms with van der Waals surface area (Å²) in [5.74, 6) is 0.996. The molecule has 0 radical (unpaired) electrons. The summed E-state index contributed by atoms with van der Waals surface area (Å²) in [6.45, 7) is 4.94. The number of aliphatic hydroxyl groups is 1. The van der Waals surface area contributed by atoms with E-state index in [1.165, 1.54) is 24.0 Å². The Morgan fingerprint density at radius 2 is 1.84 bits per heavy atom. The van der Waals surface area contributed by atoms with Gasteiger partial charge in [-0.05, 0) is 60.4 Å². The van der Waals surface area contributed by atoms with Gasteiger partial charge in [-0.25, -0.2) is 0 Å². The summed E-state index contributed by atoms with van der Waals surface area (Å²) in [6, 6.07) is 14.4. The molecule has 1 unspecified atom stereocenters. The lowest BCUT2D eigenvalue weighted by Gasteiger charge is -2.29. The molecule has 5 heteroatoms. The van der Waals surface area contributed by atoms with Gasteiger partial charge < -0.3 is 14.7 Å². The third kappa shape index (κ3) is 4.55. The molecule has 0 aromatic heterocycles. The van der Waals surface area contributed by atoms with Crippen molar-refractivity contribution in [1.82, 2.24) is 9.80 Å². The minimum Gasteiger partial charge on any atom is -0.491 e. The summed E-state index contributed by atoms with van der Waals surface area (Å²) in [5, 5.41) is 10.8. The summed E-state index contributed by atoms with van der Waals surface area (Å²) in [7, 11) is 0. The molecule has 3 aliphatic rings. The van der Waals surface area contributed by atoms with E-state index in [0.29, 0.717) is 30.4 Å². The fraction of sp³-hybridized carbons (Fsp3) is 0.519. The fourth-order valence-electron chi connectivity index (χ4n) is 5.55. The van der Waals surface area contributed by atoms with Crippen molar-refractivity contribution in [3.63, 3.8) is 0 Å². The molecule has 2 heterocycles. The first kappa shape index (κ1) is 21.5. The highest BCUT2D eigenvalue weighted by atomic mass is 16.5. The van der Waals surface area contributed by atoms with Crippen molar-refractivity contribution in [1.29, 1.82) is 0 Å². The Bertz CT molecular complexity index is 954. The molecule has 5 rings (SSSR count). The molecule has 5 nitrogen and oxygen atoms in total. The van der Waals surface area contributed by atoms with Crippen molar-refractivity contribution in [2.24, 2.45) is 5.92 Å². The molecule has 1 saturated carbocycles. The van der Waals surface area contributed by atoms with Crippen LogP contribution in [-0.2, 0) is 13.0 Å². The van der Waals surface area contributed by atoms with Crippen LogP contribution in [0.5, 0.6) is 5.75 Å². The lowest BCUT2D eigenvalue weighted by molar-refractivity contribution is 0.0746. The largest absolute Gasteiger partial charge is 0.491 e. The third-order valence-corrected chi connectivity index (χ3v) is 7.44. The Kier molecular flexibility index (Phi) is 6.47. The zero-order valence-corrected chi connectivity index (χ0v) is 18.8. The summed E-state index contributed by atoms with van der Waals surface area (Å²) in [5.41, 5.74) is 4.40. The molecule has 2 aromatic carbocycles. The van der Waals surface area contributed by atoms with Crippen molar-refractivity contribution in [2.45, 2.75) is 51.2 Å². The van der Waals surface area contributed by atoms with Crippen molar-refractivity contribution in [3.8, 4) is 5.75 Å². The van der Waals surface area contributed by atoms with E-state index in [0.717, 1.165) is 57.4 Å². The molecule has 170 valence electrons. The van der Waals surface area contributed by atoms with Crippen molar-refractivity contribution >= 4 is 5.91 Å². The molecule has 1 aliphatic carbocycles. The Balaban J connectivity index is 1.19. The molecule has 0 saturated heterocycles. The number of benzene rings is 2. The number of fused-ring (bicyclic) bond motifs is 2. The second kappa shape index (κ2) is 9.63. The molecule has 2 aromatic rings. The zero-order chi connectivity index (χ0) is 21.9. The van der Waals surface area contributed by atoms with Crippen LogP contribution in [0, 0.1) is 5.92 Å². The van der Waals surface area contributed by atoms with Gasteiger partial charge in [0.15, 0.2) is 0 Å². The van der Waals surface area contributed by atoms with Crippen molar-refractivity contribution < 1.29 is 14.6 Å². The highest BCUT2D eigenvalue weighted by Gasteiger charge is 2.28. The summed E-state index contributed by atoms with van der Waals surface area (Å²) in [4.78, 5) is 17.6. The summed E-state index contributed by atoms with van der Waals surface area (Å²) < 4.78 is 5.95. The van der Waals surface area contributed by atoms with Gasteiger partial charge in [0.05, 0.1) is 18.2 Å². The Morgan fingerprint density at radius 1 is 1.03 bits per heavy atom. The van der Waals surface area contributed by atoms with E-state index < -0.39 is 6.10 Å². The van der Waals surface area contributed by atoms with Crippen molar-refractivity contribution in [2.75, 3.05) is 32.8 Å². The van der Waals surface area contributed by atoms with Crippen LogP contribution in [0.15, 0.2) is 42.5 Å². The van der Waals surface area contributed by atoms with E-state index >= 15 is 0 Å². The second-order valence-corrected chi connectivity index (χ2v) is 9.53. The average molecular weight is 435 g/mol. The molecule has 1 N–H and O–H groups in total. The molecule has 1 amide bonds. The minimum atomic E-state index is -0.462. The number of hydrogen-bond acceptors (Lipinski definition) is 4. The lowest BCUT2D eigenvalue weighted by atomic mass is 9.93. The number of amides is 1. The van der Waals surface area contributed by atoms with Gasteiger partial charge in [0.25, 0.3) is 5.91 Å². The molecule has 1 atom stereocenters. The molecule has 0 spiro atoms. The first-order valence-electron chi connectivity index (χ1n) is 12.2. The third-order valence-electron chi connectivity index (χ3n) is 7.44.